The minimum atomic E-state index is 0.615. The molecule has 1 heterocycles. The molecule has 1 saturated carbocycles. The Morgan fingerprint density at radius 3 is 2.71 bits per heavy atom. The van der Waals surface area contributed by atoms with Crippen LogP contribution in [0.1, 0.15) is 45.7 Å². The third-order valence-corrected chi connectivity index (χ3v) is 5.14. The SMILES string of the molecule is CCN(Cc1ccccn1)C1CC(C(C)C)CCC1NC. The molecule has 1 aliphatic rings. The van der Waals surface area contributed by atoms with Gasteiger partial charge in [0.25, 0.3) is 0 Å². The van der Waals surface area contributed by atoms with Crippen molar-refractivity contribution in [3.05, 3.63) is 30.1 Å². The molecule has 1 aliphatic carbocycles. The van der Waals surface area contributed by atoms with Crippen molar-refractivity contribution in [3.63, 3.8) is 0 Å². The van der Waals surface area contributed by atoms with Gasteiger partial charge >= 0.3 is 0 Å². The van der Waals surface area contributed by atoms with E-state index in [1.165, 1.54) is 25.0 Å². The highest BCUT2D eigenvalue weighted by molar-refractivity contribution is 5.04. The summed E-state index contributed by atoms with van der Waals surface area (Å²) in [7, 11) is 2.11. The van der Waals surface area contributed by atoms with Gasteiger partial charge in [-0.2, -0.15) is 0 Å². The van der Waals surface area contributed by atoms with Crippen molar-refractivity contribution >= 4 is 0 Å². The molecule has 1 aromatic heterocycles. The van der Waals surface area contributed by atoms with Crippen molar-refractivity contribution in [2.75, 3.05) is 13.6 Å². The zero-order chi connectivity index (χ0) is 15.2. The largest absolute Gasteiger partial charge is 0.315 e. The summed E-state index contributed by atoms with van der Waals surface area (Å²) in [6.45, 7) is 9.07. The van der Waals surface area contributed by atoms with E-state index in [2.05, 4.69) is 55.2 Å². The highest BCUT2D eigenvalue weighted by Crippen LogP contribution is 2.33. The van der Waals surface area contributed by atoms with Crippen LogP contribution in [-0.2, 0) is 6.54 Å². The van der Waals surface area contributed by atoms with Crippen LogP contribution >= 0.6 is 0 Å². The Morgan fingerprint density at radius 2 is 2.14 bits per heavy atom. The molecular weight excluding hydrogens is 258 g/mol. The first-order valence-corrected chi connectivity index (χ1v) is 8.46. The molecule has 3 atom stereocenters. The number of hydrogen-bond donors (Lipinski definition) is 1. The van der Waals surface area contributed by atoms with Gasteiger partial charge in [-0.3, -0.25) is 9.88 Å². The lowest BCUT2D eigenvalue weighted by molar-refractivity contribution is 0.0831. The fraction of sp³-hybridized carbons (Fsp3) is 0.722. The van der Waals surface area contributed by atoms with Gasteiger partial charge in [0.15, 0.2) is 0 Å². The Balaban J connectivity index is 2.09. The lowest BCUT2D eigenvalue weighted by Crippen LogP contribution is -2.52. The van der Waals surface area contributed by atoms with E-state index in [-0.39, 0.29) is 0 Å². The summed E-state index contributed by atoms with van der Waals surface area (Å²) in [4.78, 5) is 7.11. The molecule has 2 rings (SSSR count). The van der Waals surface area contributed by atoms with Crippen molar-refractivity contribution in [1.82, 2.24) is 15.2 Å². The maximum absolute atomic E-state index is 4.50. The van der Waals surface area contributed by atoms with E-state index in [1.54, 1.807) is 0 Å². The minimum absolute atomic E-state index is 0.615. The lowest BCUT2D eigenvalue weighted by Gasteiger charge is -2.43. The summed E-state index contributed by atoms with van der Waals surface area (Å²) >= 11 is 0. The Morgan fingerprint density at radius 1 is 1.33 bits per heavy atom. The average Bonchev–Trinajstić information content (AvgIpc) is 2.53. The molecule has 118 valence electrons. The van der Waals surface area contributed by atoms with Gasteiger partial charge in [0.2, 0.25) is 0 Å². The summed E-state index contributed by atoms with van der Waals surface area (Å²) < 4.78 is 0. The monoisotopic (exact) mass is 289 g/mol. The van der Waals surface area contributed by atoms with Crippen LogP contribution in [0, 0.1) is 11.8 Å². The van der Waals surface area contributed by atoms with Crippen LogP contribution < -0.4 is 5.32 Å². The highest BCUT2D eigenvalue weighted by atomic mass is 15.2. The Hall–Kier alpha value is -0.930. The van der Waals surface area contributed by atoms with Crippen LogP contribution in [0.3, 0.4) is 0 Å². The maximum atomic E-state index is 4.50. The average molecular weight is 289 g/mol. The fourth-order valence-electron chi connectivity index (χ4n) is 3.69. The standard InChI is InChI=1S/C18H31N3/c1-5-21(13-16-8-6-7-11-20-16)18-12-15(14(2)3)9-10-17(18)19-4/h6-8,11,14-15,17-19H,5,9-10,12-13H2,1-4H3. The lowest BCUT2D eigenvalue weighted by atomic mass is 9.76. The quantitative estimate of drug-likeness (QED) is 0.871. The first-order valence-electron chi connectivity index (χ1n) is 8.46. The van der Waals surface area contributed by atoms with Crippen LogP contribution in [-0.4, -0.2) is 35.6 Å². The first-order chi connectivity index (χ1) is 10.2. The molecule has 1 fully saturated rings. The van der Waals surface area contributed by atoms with Gasteiger partial charge in [-0.05, 0) is 56.8 Å². The maximum Gasteiger partial charge on any atom is 0.0544 e. The summed E-state index contributed by atoms with van der Waals surface area (Å²) in [6.07, 6.45) is 5.86. The Kier molecular flexibility index (Phi) is 6.19. The molecule has 0 aromatic carbocycles. The summed E-state index contributed by atoms with van der Waals surface area (Å²) in [5.74, 6) is 1.65. The third kappa shape index (κ3) is 4.27. The summed E-state index contributed by atoms with van der Waals surface area (Å²) in [6, 6.07) is 7.46. The van der Waals surface area contributed by atoms with Gasteiger partial charge in [0.05, 0.1) is 5.69 Å². The molecule has 0 spiro atoms. The normalized spacial score (nSPS) is 26.5. The molecule has 1 aromatic rings. The molecule has 0 saturated heterocycles. The molecule has 3 heteroatoms. The van der Waals surface area contributed by atoms with Crippen molar-refractivity contribution < 1.29 is 0 Å². The topological polar surface area (TPSA) is 28.2 Å². The number of likely N-dealkylation sites (N-methyl/N-ethyl adjacent to an activating group) is 2. The van der Waals surface area contributed by atoms with E-state index in [9.17, 15) is 0 Å². The van der Waals surface area contributed by atoms with Crippen molar-refractivity contribution in [2.24, 2.45) is 11.8 Å². The molecule has 0 aliphatic heterocycles. The van der Waals surface area contributed by atoms with Gasteiger partial charge in [0.1, 0.15) is 0 Å². The second kappa shape index (κ2) is 7.90. The van der Waals surface area contributed by atoms with Crippen molar-refractivity contribution in [3.8, 4) is 0 Å². The number of aromatic nitrogens is 1. The second-order valence-corrected chi connectivity index (χ2v) is 6.66. The predicted octanol–water partition coefficient (Wildman–Crippen LogP) is 3.32. The molecule has 21 heavy (non-hydrogen) atoms. The summed E-state index contributed by atoms with van der Waals surface area (Å²) in [5.41, 5.74) is 1.18. The van der Waals surface area contributed by atoms with E-state index in [0.717, 1.165) is 24.9 Å². The minimum Gasteiger partial charge on any atom is -0.315 e. The van der Waals surface area contributed by atoms with E-state index in [1.807, 2.05) is 12.3 Å². The molecular formula is C18H31N3. The van der Waals surface area contributed by atoms with Gasteiger partial charge in [0, 0.05) is 24.8 Å². The zero-order valence-corrected chi connectivity index (χ0v) is 14.0. The van der Waals surface area contributed by atoms with Crippen LogP contribution in [0.25, 0.3) is 0 Å². The van der Waals surface area contributed by atoms with Gasteiger partial charge in [-0.25, -0.2) is 0 Å². The van der Waals surface area contributed by atoms with Crippen molar-refractivity contribution in [2.45, 2.75) is 58.7 Å². The van der Waals surface area contributed by atoms with E-state index in [4.69, 9.17) is 0 Å². The molecule has 0 bridgehead atoms. The Bertz CT molecular complexity index is 404. The van der Waals surface area contributed by atoms with Gasteiger partial charge in [-0.15, -0.1) is 0 Å². The van der Waals surface area contributed by atoms with Crippen molar-refractivity contribution in [1.29, 1.82) is 0 Å². The van der Waals surface area contributed by atoms with E-state index >= 15 is 0 Å². The van der Waals surface area contributed by atoms with E-state index < -0.39 is 0 Å². The number of nitrogens with one attached hydrogen (secondary N) is 1. The van der Waals surface area contributed by atoms with Crippen LogP contribution in [0.4, 0.5) is 0 Å². The highest BCUT2D eigenvalue weighted by Gasteiger charge is 2.34. The fourth-order valence-corrected chi connectivity index (χ4v) is 3.69. The third-order valence-electron chi connectivity index (χ3n) is 5.14. The first kappa shape index (κ1) is 16.4. The zero-order valence-electron chi connectivity index (χ0n) is 14.0. The number of pyridine rings is 1. The predicted molar refractivity (Wildman–Crippen MR) is 89.1 cm³/mol. The molecule has 3 unspecified atom stereocenters. The summed E-state index contributed by atoms with van der Waals surface area (Å²) in [5, 5.41) is 3.55. The number of nitrogens with zero attached hydrogens (tertiary/aromatic N) is 2. The molecule has 3 nitrogen and oxygen atoms in total. The van der Waals surface area contributed by atoms with Gasteiger partial charge < -0.3 is 5.32 Å². The van der Waals surface area contributed by atoms with Crippen LogP contribution in [0.2, 0.25) is 0 Å². The Labute approximate surface area is 130 Å². The molecule has 1 N–H and O–H groups in total. The number of rotatable bonds is 6. The molecule has 0 amide bonds. The van der Waals surface area contributed by atoms with Gasteiger partial charge in [-0.1, -0.05) is 26.8 Å². The van der Waals surface area contributed by atoms with Crippen LogP contribution in [0.15, 0.2) is 24.4 Å². The number of hydrogen-bond acceptors (Lipinski definition) is 3. The smallest absolute Gasteiger partial charge is 0.0544 e. The molecule has 0 radical (unpaired) electrons. The van der Waals surface area contributed by atoms with Crippen LogP contribution in [0.5, 0.6) is 0 Å². The second-order valence-electron chi connectivity index (χ2n) is 6.66. The van der Waals surface area contributed by atoms with E-state index in [0.29, 0.717) is 12.1 Å².